The number of piperidine rings is 1. The van der Waals surface area contributed by atoms with Gasteiger partial charge in [0.15, 0.2) is 0 Å². The Morgan fingerprint density at radius 2 is 2.04 bits per heavy atom. The van der Waals surface area contributed by atoms with Gasteiger partial charge in [-0.15, -0.1) is 0 Å². The van der Waals surface area contributed by atoms with Crippen LogP contribution in [0.2, 0.25) is 0 Å². The summed E-state index contributed by atoms with van der Waals surface area (Å²) in [6, 6.07) is 10.2. The molecule has 2 rings (SSSR count). The number of aliphatic carboxylic acids is 1. The smallest absolute Gasteiger partial charge is 0.313 e. The van der Waals surface area contributed by atoms with Crippen molar-refractivity contribution in [1.82, 2.24) is 4.90 Å². The number of hydrogen-bond acceptors (Lipinski definition) is 4. The van der Waals surface area contributed by atoms with Crippen LogP contribution in [0.3, 0.4) is 0 Å². The number of rotatable bonds is 12. The first-order valence-electron chi connectivity index (χ1n) is 9.87. The number of carbonyl (C=O) groups excluding carboxylic acids is 1. The first-order valence-corrected chi connectivity index (χ1v) is 11.0. The van der Waals surface area contributed by atoms with Crippen molar-refractivity contribution >= 4 is 23.6 Å². The predicted octanol–water partition coefficient (Wildman–Crippen LogP) is 3.35. The number of aliphatic hydroxyl groups is 1. The minimum absolute atomic E-state index is 0.143. The average molecular weight is 394 g/mol. The molecule has 0 bridgehead atoms. The second kappa shape index (κ2) is 12.0. The number of nitrogens with zero attached hydrogens (tertiary/aromatic N) is 1. The number of carbonyl (C=O) groups is 2. The molecule has 1 amide bonds. The molecule has 27 heavy (non-hydrogen) atoms. The van der Waals surface area contributed by atoms with Crippen LogP contribution < -0.4 is 0 Å². The van der Waals surface area contributed by atoms with Crippen LogP contribution in [-0.4, -0.2) is 57.2 Å². The van der Waals surface area contributed by atoms with Gasteiger partial charge < -0.3 is 15.1 Å². The first-order chi connectivity index (χ1) is 13.1. The molecule has 1 aromatic rings. The Morgan fingerprint density at radius 1 is 1.26 bits per heavy atom. The van der Waals surface area contributed by atoms with Crippen molar-refractivity contribution in [3.8, 4) is 0 Å². The molecule has 1 fully saturated rings. The molecule has 1 aliphatic rings. The average Bonchev–Trinajstić information content (AvgIpc) is 2.65. The van der Waals surface area contributed by atoms with E-state index < -0.39 is 5.97 Å². The first kappa shape index (κ1) is 21.8. The summed E-state index contributed by atoms with van der Waals surface area (Å²) >= 11 is 1.43. The van der Waals surface area contributed by atoms with Crippen molar-refractivity contribution in [2.45, 2.75) is 63.5 Å². The Bertz CT molecular complexity index is 581. The SMILES string of the molecule is O=C(O)CSCCCCN1C(=O)CCC[C@@H]1CCC(O)Cc1ccccc1. The lowest BCUT2D eigenvalue weighted by Crippen LogP contribution is -2.44. The van der Waals surface area contributed by atoms with E-state index in [1.54, 1.807) is 0 Å². The van der Waals surface area contributed by atoms with Crippen molar-refractivity contribution in [2.24, 2.45) is 0 Å². The summed E-state index contributed by atoms with van der Waals surface area (Å²) in [6.07, 6.45) is 6.22. The third-order valence-electron chi connectivity index (χ3n) is 5.00. The molecule has 5 nitrogen and oxygen atoms in total. The fourth-order valence-corrected chi connectivity index (χ4v) is 4.35. The maximum Gasteiger partial charge on any atom is 0.313 e. The lowest BCUT2D eigenvalue weighted by molar-refractivity contribution is -0.137. The molecule has 2 N–H and O–H groups in total. The van der Waals surface area contributed by atoms with Crippen LogP contribution in [0.15, 0.2) is 30.3 Å². The molecule has 0 aliphatic carbocycles. The molecule has 0 aromatic heterocycles. The topological polar surface area (TPSA) is 77.8 Å². The number of carboxylic acids is 1. The van der Waals surface area contributed by atoms with E-state index >= 15 is 0 Å². The predicted molar refractivity (Wildman–Crippen MR) is 109 cm³/mol. The van der Waals surface area contributed by atoms with Crippen LogP contribution in [-0.2, 0) is 16.0 Å². The molecule has 1 aliphatic heterocycles. The second-order valence-electron chi connectivity index (χ2n) is 7.21. The fourth-order valence-electron chi connectivity index (χ4n) is 3.62. The number of unbranched alkanes of at least 4 members (excludes halogenated alkanes) is 1. The van der Waals surface area contributed by atoms with Gasteiger partial charge in [-0.2, -0.15) is 11.8 Å². The van der Waals surface area contributed by atoms with E-state index in [-0.39, 0.29) is 23.8 Å². The lowest BCUT2D eigenvalue weighted by atomic mass is 9.94. The molecule has 2 atom stereocenters. The third kappa shape index (κ3) is 8.35. The fraction of sp³-hybridized carbons (Fsp3) is 0.619. The van der Waals surface area contributed by atoms with E-state index in [9.17, 15) is 14.7 Å². The van der Waals surface area contributed by atoms with Gasteiger partial charge in [-0.25, -0.2) is 0 Å². The maximum absolute atomic E-state index is 12.3. The van der Waals surface area contributed by atoms with Gasteiger partial charge in [0.25, 0.3) is 0 Å². The van der Waals surface area contributed by atoms with Crippen molar-refractivity contribution in [3.05, 3.63) is 35.9 Å². The van der Waals surface area contributed by atoms with E-state index in [1.807, 2.05) is 35.2 Å². The van der Waals surface area contributed by atoms with Gasteiger partial charge >= 0.3 is 5.97 Å². The molecule has 1 heterocycles. The van der Waals surface area contributed by atoms with E-state index in [4.69, 9.17) is 5.11 Å². The van der Waals surface area contributed by atoms with Gasteiger partial charge in [-0.05, 0) is 56.3 Å². The van der Waals surface area contributed by atoms with Crippen molar-refractivity contribution in [3.63, 3.8) is 0 Å². The third-order valence-corrected chi connectivity index (χ3v) is 6.03. The highest BCUT2D eigenvalue weighted by atomic mass is 32.2. The Morgan fingerprint density at radius 3 is 2.78 bits per heavy atom. The number of amides is 1. The number of thioether (sulfide) groups is 1. The largest absolute Gasteiger partial charge is 0.481 e. The van der Waals surface area contributed by atoms with Crippen molar-refractivity contribution in [2.75, 3.05) is 18.1 Å². The van der Waals surface area contributed by atoms with Gasteiger partial charge in [0.1, 0.15) is 0 Å². The zero-order valence-corrected chi connectivity index (χ0v) is 16.7. The van der Waals surface area contributed by atoms with E-state index in [2.05, 4.69) is 0 Å². The number of carboxylic acid groups (broad SMARTS) is 1. The van der Waals surface area contributed by atoms with Crippen LogP contribution in [0.5, 0.6) is 0 Å². The minimum Gasteiger partial charge on any atom is -0.481 e. The van der Waals surface area contributed by atoms with Gasteiger partial charge in [0.05, 0.1) is 11.9 Å². The normalized spacial score (nSPS) is 18.5. The number of aliphatic hydroxyl groups excluding tert-OH is 1. The van der Waals surface area contributed by atoms with Crippen molar-refractivity contribution < 1.29 is 19.8 Å². The summed E-state index contributed by atoms with van der Waals surface area (Å²) < 4.78 is 0. The van der Waals surface area contributed by atoms with E-state index in [0.717, 1.165) is 50.0 Å². The molecule has 1 aromatic carbocycles. The van der Waals surface area contributed by atoms with Gasteiger partial charge in [0, 0.05) is 19.0 Å². The van der Waals surface area contributed by atoms with Gasteiger partial charge in [0.2, 0.25) is 5.91 Å². The molecule has 1 saturated heterocycles. The van der Waals surface area contributed by atoms with Crippen LogP contribution in [0.25, 0.3) is 0 Å². The Balaban J connectivity index is 1.72. The number of hydrogen-bond donors (Lipinski definition) is 2. The molecule has 0 spiro atoms. The molecular weight excluding hydrogens is 362 g/mol. The summed E-state index contributed by atoms with van der Waals surface area (Å²) in [7, 11) is 0. The highest BCUT2D eigenvalue weighted by molar-refractivity contribution is 7.99. The van der Waals surface area contributed by atoms with Crippen LogP contribution in [0.1, 0.15) is 50.5 Å². The number of benzene rings is 1. The van der Waals surface area contributed by atoms with Crippen molar-refractivity contribution in [1.29, 1.82) is 0 Å². The Kier molecular flexibility index (Phi) is 9.70. The monoisotopic (exact) mass is 393 g/mol. The molecule has 0 saturated carbocycles. The van der Waals surface area contributed by atoms with Crippen LogP contribution >= 0.6 is 11.8 Å². The summed E-state index contributed by atoms with van der Waals surface area (Å²) in [5, 5.41) is 19.0. The highest BCUT2D eigenvalue weighted by Gasteiger charge is 2.27. The van der Waals surface area contributed by atoms with E-state index in [1.165, 1.54) is 11.8 Å². The summed E-state index contributed by atoms with van der Waals surface area (Å²) in [5.74, 6) is 0.404. The molecule has 150 valence electrons. The standard InChI is InChI=1S/C21H31NO4S/c23-19(15-17-7-2-1-3-8-17)12-11-18-9-6-10-20(24)22(18)13-4-5-14-27-16-21(25)26/h1-3,7-8,18-19,23H,4-6,9-16H2,(H,25,26)/t18-,19?/m1/s1. The zero-order valence-electron chi connectivity index (χ0n) is 15.9. The summed E-state index contributed by atoms with van der Waals surface area (Å²) in [4.78, 5) is 24.8. The molecule has 0 radical (unpaired) electrons. The Hall–Kier alpha value is -1.53. The quantitative estimate of drug-likeness (QED) is 0.533. The minimum atomic E-state index is -0.777. The zero-order chi connectivity index (χ0) is 19.5. The highest BCUT2D eigenvalue weighted by Crippen LogP contribution is 2.24. The van der Waals surface area contributed by atoms with Gasteiger partial charge in [-0.3, -0.25) is 9.59 Å². The Labute approximate surface area is 166 Å². The molecule has 1 unspecified atom stereocenters. The van der Waals surface area contributed by atoms with Gasteiger partial charge in [-0.1, -0.05) is 30.3 Å². The summed E-state index contributed by atoms with van der Waals surface area (Å²) in [5.41, 5.74) is 1.14. The second-order valence-corrected chi connectivity index (χ2v) is 8.31. The maximum atomic E-state index is 12.3. The van der Waals surface area contributed by atoms with E-state index in [0.29, 0.717) is 19.3 Å². The molecule has 6 heteroatoms. The number of likely N-dealkylation sites (tertiary alicyclic amines) is 1. The lowest BCUT2D eigenvalue weighted by Gasteiger charge is -2.36. The molecular formula is C21H31NO4S. The van der Waals surface area contributed by atoms with Crippen LogP contribution in [0.4, 0.5) is 0 Å². The summed E-state index contributed by atoms with van der Waals surface area (Å²) in [6.45, 7) is 0.742. The van der Waals surface area contributed by atoms with Crippen LogP contribution in [0, 0.1) is 0 Å².